The maximum Gasteiger partial charge on any atom is 0.151 e. The van der Waals surface area contributed by atoms with E-state index in [2.05, 4.69) is 24.0 Å². The SMILES string of the molecule is O=Cc1cc2c(cc1C#Cc1ccccc1)C1CCC2CC1. The van der Waals surface area contributed by atoms with Crippen LogP contribution in [0.1, 0.15) is 70.1 Å². The summed E-state index contributed by atoms with van der Waals surface area (Å²) in [6.45, 7) is 0. The molecule has 0 radical (unpaired) electrons. The molecule has 3 aliphatic rings. The lowest BCUT2D eigenvalue weighted by molar-refractivity contribution is 0.112. The van der Waals surface area contributed by atoms with Gasteiger partial charge in [0.05, 0.1) is 0 Å². The fourth-order valence-electron chi connectivity index (χ4n) is 3.94. The van der Waals surface area contributed by atoms with E-state index in [4.69, 9.17) is 0 Å². The van der Waals surface area contributed by atoms with Crippen molar-refractivity contribution < 1.29 is 4.79 Å². The third kappa shape index (κ3) is 2.25. The molecule has 2 bridgehead atoms. The molecule has 0 amide bonds. The van der Waals surface area contributed by atoms with Crippen LogP contribution in [0.5, 0.6) is 0 Å². The Balaban J connectivity index is 1.79. The normalized spacial score (nSPS) is 21.6. The number of fused-ring (bicyclic) bond motifs is 2. The molecule has 0 saturated heterocycles. The van der Waals surface area contributed by atoms with Crippen LogP contribution in [0.3, 0.4) is 0 Å². The van der Waals surface area contributed by atoms with Crippen molar-refractivity contribution in [2.24, 2.45) is 0 Å². The first kappa shape index (κ1) is 13.3. The van der Waals surface area contributed by atoms with Gasteiger partial charge in [-0.2, -0.15) is 0 Å². The lowest BCUT2D eigenvalue weighted by Crippen LogP contribution is -2.22. The lowest BCUT2D eigenvalue weighted by atomic mass is 9.66. The third-order valence-corrected chi connectivity index (χ3v) is 5.10. The van der Waals surface area contributed by atoms with Crippen molar-refractivity contribution in [2.45, 2.75) is 37.5 Å². The number of carbonyl (C=O) groups excluding carboxylic acids is 1. The van der Waals surface area contributed by atoms with Crippen molar-refractivity contribution in [1.29, 1.82) is 0 Å². The van der Waals surface area contributed by atoms with E-state index in [1.54, 1.807) is 0 Å². The first-order valence-corrected chi connectivity index (χ1v) is 8.05. The number of hydrogen-bond acceptors (Lipinski definition) is 1. The Morgan fingerprint density at radius 1 is 0.864 bits per heavy atom. The van der Waals surface area contributed by atoms with Crippen LogP contribution in [0.4, 0.5) is 0 Å². The van der Waals surface area contributed by atoms with Crippen molar-refractivity contribution in [1.82, 2.24) is 0 Å². The first-order valence-electron chi connectivity index (χ1n) is 8.05. The van der Waals surface area contributed by atoms with Gasteiger partial charge in [-0.15, -0.1) is 0 Å². The van der Waals surface area contributed by atoms with E-state index in [1.807, 2.05) is 30.3 Å². The summed E-state index contributed by atoms with van der Waals surface area (Å²) in [5.74, 6) is 7.73. The zero-order chi connectivity index (χ0) is 14.9. The van der Waals surface area contributed by atoms with Gasteiger partial charge in [-0.05, 0) is 72.9 Å². The number of carbonyl (C=O) groups is 1. The lowest BCUT2D eigenvalue weighted by Gasteiger charge is -2.38. The van der Waals surface area contributed by atoms with E-state index in [-0.39, 0.29) is 0 Å². The summed E-state index contributed by atoms with van der Waals surface area (Å²) in [5, 5.41) is 0. The smallest absolute Gasteiger partial charge is 0.151 e. The van der Waals surface area contributed by atoms with Crippen molar-refractivity contribution >= 4 is 6.29 Å². The van der Waals surface area contributed by atoms with Crippen LogP contribution >= 0.6 is 0 Å². The highest BCUT2D eigenvalue weighted by atomic mass is 16.1. The molecule has 1 heteroatoms. The van der Waals surface area contributed by atoms with Crippen LogP contribution in [0, 0.1) is 11.8 Å². The highest BCUT2D eigenvalue weighted by Crippen LogP contribution is 2.49. The van der Waals surface area contributed by atoms with Crippen molar-refractivity contribution in [3.63, 3.8) is 0 Å². The summed E-state index contributed by atoms with van der Waals surface area (Å²) in [5.41, 5.74) is 5.47. The molecule has 0 aromatic heterocycles. The van der Waals surface area contributed by atoms with E-state index in [0.29, 0.717) is 11.8 Å². The van der Waals surface area contributed by atoms with Crippen LogP contribution < -0.4 is 0 Å². The average Bonchev–Trinajstić information content (AvgIpc) is 2.61. The van der Waals surface area contributed by atoms with E-state index in [1.165, 1.54) is 36.8 Å². The Kier molecular flexibility index (Phi) is 3.31. The van der Waals surface area contributed by atoms with Gasteiger partial charge in [0.25, 0.3) is 0 Å². The Labute approximate surface area is 131 Å². The maximum absolute atomic E-state index is 11.5. The molecule has 108 valence electrons. The third-order valence-electron chi connectivity index (χ3n) is 5.10. The van der Waals surface area contributed by atoms with Gasteiger partial charge in [0.2, 0.25) is 0 Å². The zero-order valence-corrected chi connectivity index (χ0v) is 12.5. The van der Waals surface area contributed by atoms with Gasteiger partial charge in [-0.3, -0.25) is 4.79 Å². The second-order valence-corrected chi connectivity index (χ2v) is 6.35. The molecule has 22 heavy (non-hydrogen) atoms. The number of aldehydes is 1. The molecule has 5 rings (SSSR count). The van der Waals surface area contributed by atoms with Crippen molar-refractivity contribution in [2.75, 3.05) is 0 Å². The average molecular weight is 286 g/mol. The van der Waals surface area contributed by atoms with Crippen molar-refractivity contribution in [3.05, 3.63) is 70.3 Å². The van der Waals surface area contributed by atoms with Crippen LogP contribution in [0.25, 0.3) is 0 Å². The Morgan fingerprint density at radius 2 is 1.50 bits per heavy atom. The molecule has 0 atom stereocenters. The topological polar surface area (TPSA) is 17.1 Å². The molecule has 3 aliphatic carbocycles. The van der Waals surface area contributed by atoms with E-state index in [0.717, 1.165) is 23.0 Å². The molecule has 0 spiro atoms. The largest absolute Gasteiger partial charge is 0.298 e. The van der Waals surface area contributed by atoms with Crippen LogP contribution in [-0.2, 0) is 0 Å². The van der Waals surface area contributed by atoms with Gasteiger partial charge < -0.3 is 0 Å². The van der Waals surface area contributed by atoms with Gasteiger partial charge in [-0.25, -0.2) is 0 Å². The van der Waals surface area contributed by atoms with E-state index < -0.39 is 0 Å². The molecule has 2 aromatic rings. The van der Waals surface area contributed by atoms with Gasteiger partial charge in [0.1, 0.15) is 0 Å². The molecule has 1 saturated carbocycles. The van der Waals surface area contributed by atoms with E-state index >= 15 is 0 Å². The first-order chi connectivity index (χ1) is 10.8. The molecule has 1 nitrogen and oxygen atoms in total. The predicted octanol–water partition coefficient (Wildman–Crippen LogP) is 4.65. The van der Waals surface area contributed by atoms with E-state index in [9.17, 15) is 4.79 Å². The summed E-state index contributed by atoms with van der Waals surface area (Å²) in [6, 6.07) is 14.2. The van der Waals surface area contributed by atoms with Gasteiger partial charge in [-0.1, -0.05) is 30.0 Å². The molecule has 0 heterocycles. The predicted molar refractivity (Wildman–Crippen MR) is 88.2 cm³/mol. The Bertz CT molecular complexity index is 769. The summed E-state index contributed by atoms with van der Waals surface area (Å²) in [4.78, 5) is 11.5. The van der Waals surface area contributed by atoms with Gasteiger partial charge in [0.15, 0.2) is 6.29 Å². The molecule has 0 aliphatic heterocycles. The van der Waals surface area contributed by atoms with Gasteiger partial charge in [0, 0.05) is 16.7 Å². The zero-order valence-electron chi connectivity index (χ0n) is 12.5. The standard InChI is InChI=1S/C21H18O/c22-14-19-13-21-17-10-8-16(9-11-17)20(21)12-18(19)7-6-15-4-2-1-3-5-15/h1-5,12-14,16-17H,8-11H2. The van der Waals surface area contributed by atoms with Crippen LogP contribution in [0.2, 0.25) is 0 Å². The molecule has 0 unspecified atom stereocenters. The minimum Gasteiger partial charge on any atom is -0.298 e. The second-order valence-electron chi connectivity index (χ2n) is 6.35. The Morgan fingerprint density at radius 3 is 2.14 bits per heavy atom. The summed E-state index contributed by atoms with van der Waals surface area (Å²) in [6.07, 6.45) is 6.11. The molecule has 2 aromatic carbocycles. The molecule has 1 fully saturated rings. The number of hydrogen-bond donors (Lipinski definition) is 0. The second kappa shape index (κ2) is 5.46. The highest BCUT2D eigenvalue weighted by molar-refractivity contribution is 5.81. The number of rotatable bonds is 1. The highest BCUT2D eigenvalue weighted by Gasteiger charge is 2.33. The van der Waals surface area contributed by atoms with Gasteiger partial charge >= 0.3 is 0 Å². The molecule has 0 N–H and O–H groups in total. The summed E-state index contributed by atoms with van der Waals surface area (Å²) < 4.78 is 0. The molecular formula is C21H18O. The Hall–Kier alpha value is -2.33. The van der Waals surface area contributed by atoms with Crippen molar-refractivity contribution in [3.8, 4) is 11.8 Å². The summed E-state index contributed by atoms with van der Waals surface area (Å²) >= 11 is 0. The fourth-order valence-corrected chi connectivity index (χ4v) is 3.94. The summed E-state index contributed by atoms with van der Waals surface area (Å²) in [7, 11) is 0. The maximum atomic E-state index is 11.5. The van der Waals surface area contributed by atoms with Crippen LogP contribution in [0.15, 0.2) is 42.5 Å². The minimum atomic E-state index is 0.662. The monoisotopic (exact) mass is 286 g/mol. The number of benzene rings is 2. The minimum absolute atomic E-state index is 0.662. The molecular weight excluding hydrogens is 268 g/mol. The van der Waals surface area contributed by atoms with Crippen LogP contribution in [-0.4, -0.2) is 6.29 Å². The quantitative estimate of drug-likeness (QED) is 0.550. The fraction of sp³-hybridized carbons (Fsp3) is 0.286.